The monoisotopic (exact) mass is 553 g/mol. The lowest BCUT2D eigenvalue weighted by atomic mass is 10.0. The summed E-state index contributed by atoms with van der Waals surface area (Å²) in [6, 6.07) is 59.1. The highest BCUT2D eigenvalue weighted by atomic mass is 32.1. The zero-order valence-electron chi connectivity index (χ0n) is 22.9. The van der Waals surface area contributed by atoms with Crippen LogP contribution in [0.25, 0.3) is 53.2 Å². The molecule has 0 aliphatic rings. The Kier molecular flexibility index (Phi) is 6.05. The number of thiophene rings is 1. The van der Waals surface area contributed by atoms with Gasteiger partial charge in [0.2, 0.25) is 0 Å². The number of hydrogen-bond acceptors (Lipinski definition) is 2. The molecular formula is C40H27NS. The van der Waals surface area contributed by atoms with Gasteiger partial charge in [0.15, 0.2) is 0 Å². The first-order chi connectivity index (χ1) is 20.8. The topological polar surface area (TPSA) is 3.24 Å². The molecule has 1 aromatic heterocycles. The van der Waals surface area contributed by atoms with Gasteiger partial charge < -0.3 is 4.90 Å². The van der Waals surface area contributed by atoms with Crippen molar-refractivity contribution in [3.8, 4) is 22.3 Å². The van der Waals surface area contributed by atoms with E-state index in [1.54, 1.807) is 0 Å². The van der Waals surface area contributed by atoms with Gasteiger partial charge in [0.25, 0.3) is 0 Å². The fourth-order valence-electron chi connectivity index (χ4n) is 5.94. The third-order valence-corrected chi connectivity index (χ3v) is 9.29. The predicted molar refractivity (Wildman–Crippen MR) is 182 cm³/mol. The van der Waals surface area contributed by atoms with E-state index in [-0.39, 0.29) is 0 Å². The fourth-order valence-corrected chi connectivity index (χ4v) is 7.17. The maximum absolute atomic E-state index is 2.37. The summed E-state index contributed by atoms with van der Waals surface area (Å²) < 4.78 is 2.67. The minimum Gasteiger partial charge on any atom is -0.310 e. The van der Waals surface area contributed by atoms with E-state index in [1.165, 1.54) is 53.2 Å². The summed E-state index contributed by atoms with van der Waals surface area (Å²) in [5.41, 5.74) is 8.28. The van der Waals surface area contributed by atoms with Crippen LogP contribution in [0, 0.1) is 0 Å². The SMILES string of the molecule is c1ccc(-c2ccc(N(c3ccc(-c4ccccc4)cc3)c3ccc4ccc5c6ccccc6sc5c4c3)cc2)cc1. The van der Waals surface area contributed by atoms with Crippen LogP contribution in [0.5, 0.6) is 0 Å². The van der Waals surface area contributed by atoms with Crippen LogP contribution in [0.3, 0.4) is 0 Å². The highest BCUT2D eigenvalue weighted by Crippen LogP contribution is 2.42. The van der Waals surface area contributed by atoms with Crippen LogP contribution >= 0.6 is 11.3 Å². The second-order valence-corrected chi connectivity index (χ2v) is 11.7. The molecule has 0 atom stereocenters. The largest absolute Gasteiger partial charge is 0.310 e. The molecule has 2 heteroatoms. The van der Waals surface area contributed by atoms with Crippen LogP contribution in [0.15, 0.2) is 164 Å². The number of rotatable bonds is 5. The van der Waals surface area contributed by atoms with E-state index in [1.807, 2.05) is 11.3 Å². The lowest BCUT2D eigenvalue weighted by molar-refractivity contribution is 1.29. The van der Waals surface area contributed by atoms with Crippen molar-refractivity contribution in [1.29, 1.82) is 0 Å². The molecule has 1 nitrogen and oxygen atoms in total. The van der Waals surface area contributed by atoms with Crippen molar-refractivity contribution in [3.63, 3.8) is 0 Å². The minimum atomic E-state index is 1.13. The van der Waals surface area contributed by atoms with Gasteiger partial charge in [0.1, 0.15) is 0 Å². The maximum atomic E-state index is 2.37. The smallest absolute Gasteiger partial charge is 0.0468 e. The second kappa shape index (κ2) is 10.3. The Labute approximate surface area is 249 Å². The van der Waals surface area contributed by atoms with Crippen LogP contribution in [0.1, 0.15) is 0 Å². The summed E-state index contributed by atoms with van der Waals surface area (Å²) in [5.74, 6) is 0. The van der Waals surface area contributed by atoms with Gasteiger partial charge in [-0.05, 0) is 70.1 Å². The van der Waals surface area contributed by atoms with Crippen molar-refractivity contribution < 1.29 is 0 Å². The van der Waals surface area contributed by atoms with E-state index in [0.717, 1.165) is 17.1 Å². The Morgan fingerprint density at radius 1 is 0.357 bits per heavy atom. The van der Waals surface area contributed by atoms with Crippen molar-refractivity contribution in [2.24, 2.45) is 0 Å². The molecule has 0 unspecified atom stereocenters. The summed E-state index contributed by atoms with van der Waals surface area (Å²) in [7, 11) is 0. The summed E-state index contributed by atoms with van der Waals surface area (Å²) in [5, 5.41) is 5.20. The molecule has 8 rings (SSSR count). The summed E-state index contributed by atoms with van der Waals surface area (Å²) in [4.78, 5) is 2.37. The van der Waals surface area contributed by atoms with E-state index < -0.39 is 0 Å². The van der Waals surface area contributed by atoms with Gasteiger partial charge in [0.05, 0.1) is 0 Å². The molecule has 0 radical (unpaired) electrons. The molecule has 0 aliphatic heterocycles. The highest BCUT2D eigenvalue weighted by molar-refractivity contribution is 7.26. The molecule has 0 spiro atoms. The molecule has 0 saturated carbocycles. The molecule has 7 aromatic carbocycles. The molecule has 0 saturated heterocycles. The molecule has 8 aromatic rings. The fraction of sp³-hybridized carbons (Fsp3) is 0. The highest BCUT2D eigenvalue weighted by Gasteiger charge is 2.16. The number of benzene rings is 7. The lowest BCUT2D eigenvalue weighted by Crippen LogP contribution is -2.09. The molecule has 0 fully saturated rings. The van der Waals surface area contributed by atoms with Gasteiger partial charge in [-0.15, -0.1) is 11.3 Å². The summed E-state index contributed by atoms with van der Waals surface area (Å²) in [6.07, 6.45) is 0. The molecule has 42 heavy (non-hydrogen) atoms. The third-order valence-electron chi connectivity index (χ3n) is 8.07. The van der Waals surface area contributed by atoms with E-state index in [0.29, 0.717) is 0 Å². The second-order valence-electron chi connectivity index (χ2n) is 10.6. The van der Waals surface area contributed by atoms with Crippen LogP contribution in [0.4, 0.5) is 17.1 Å². The van der Waals surface area contributed by atoms with Gasteiger partial charge in [0, 0.05) is 42.6 Å². The van der Waals surface area contributed by atoms with E-state index in [9.17, 15) is 0 Å². The quantitative estimate of drug-likeness (QED) is 0.205. The first kappa shape index (κ1) is 24.6. The molecule has 198 valence electrons. The van der Waals surface area contributed by atoms with Crippen LogP contribution < -0.4 is 4.90 Å². The normalized spacial score (nSPS) is 11.3. The van der Waals surface area contributed by atoms with Crippen molar-refractivity contribution in [2.75, 3.05) is 4.90 Å². The predicted octanol–water partition coefficient (Wildman–Crippen LogP) is 12.0. The summed E-state index contributed by atoms with van der Waals surface area (Å²) in [6.45, 7) is 0. The zero-order valence-corrected chi connectivity index (χ0v) is 23.8. The Hall–Kier alpha value is -5.18. The third kappa shape index (κ3) is 4.34. The summed E-state index contributed by atoms with van der Waals surface area (Å²) >= 11 is 1.88. The number of nitrogens with zero attached hydrogens (tertiary/aromatic N) is 1. The zero-order chi connectivity index (χ0) is 27.9. The van der Waals surface area contributed by atoms with Gasteiger partial charge >= 0.3 is 0 Å². The Morgan fingerprint density at radius 3 is 1.48 bits per heavy atom. The van der Waals surface area contributed by atoms with Crippen molar-refractivity contribution in [3.05, 3.63) is 164 Å². The molecule has 0 N–H and O–H groups in total. The molecule has 0 amide bonds. The van der Waals surface area contributed by atoms with Gasteiger partial charge in [-0.1, -0.05) is 121 Å². The number of anilines is 3. The Bertz CT molecular complexity index is 2080. The van der Waals surface area contributed by atoms with Gasteiger partial charge in [-0.25, -0.2) is 0 Å². The lowest BCUT2D eigenvalue weighted by Gasteiger charge is -2.26. The van der Waals surface area contributed by atoms with E-state index in [4.69, 9.17) is 0 Å². The molecule has 0 aliphatic carbocycles. The van der Waals surface area contributed by atoms with Crippen molar-refractivity contribution in [2.45, 2.75) is 0 Å². The average molecular weight is 554 g/mol. The van der Waals surface area contributed by atoms with E-state index >= 15 is 0 Å². The van der Waals surface area contributed by atoms with Crippen molar-refractivity contribution in [1.82, 2.24) is 0 Å². The maximum Gasteiger partial charge on any atom is 0.0468 e. The number of fused-ring (bicyclic) bond motifs is 5. The van der Waals surface area contributed by atoms with Gasteiger partial charge in [-0.2, -0.15) is 0 Å². The Balaban J connectivity index is 1.28. The molecule has 1 heterocycles. The molecular weight excluding hydrogens is 527 g/mol. The first-order valence-corrected chi connectivity index (χ1v) is 15.1. The van der Waals surface area contributed by atoms with Crippen LogP contribution in [-0.2, 0) is 0 Å². The number of hydrogen-bond donors (Lipinski definition) is 0. The average Bonchev–Trinajstić information content (AvgIpc) is 3.46. The first-order valence-electron chi connectivity index (χ1n) is 14.3. The Morgan fingerprint density at radius 2 is 0.857 bits per heavy atom. The van der Waals surface area contributed by atoms with Crippen LogP contribution in [-0.4, -0.2) is 0 Å². The standard InChI is InChI=1S/C40H27NS/c1-3-9-28(10-4-1)30-15-21-33(22-16-30)41(34-23-17-31(18-24-34)29-11-5-2-6-12-29)35-25-19-32-20-26-37-36-13-7-8-14-39(36)42-40(37)38(32)27-35/h1-27H. The van der Waals surface area contributed by atoms with Gasteiger partial charge in [-0.3, -0.25) is 0 Å². The van der Waals surface area contributed by atoms with E-state index in [2.05, 4.69) is 169 Å². The van der Waals surface area contributed by atoms with Crippen LogP contribution in [0.2, 0.25) is 0 Å². The minimum absolute atomic E-state index is 1.13. The molecule has 0 bridgehead atoms. The van der Waals surface area contributed by atoms with Crippen molar-refractivity contribution >= 4 is 59.3 Å².